The first-order valence-electron chi connectivity index (χ1n) is 6.98. The van der Waals surface area contributed by atoms with Crippen molar-refractivity contribution in [2.45, 2.75) is 19.5 Å². The number of nitro groups is 1. The van der Waals surface area contributed by atoms with E-state index in [-0.39, 0.29) is 10.6 Å². The fourth-order valence-corrected chi connectivity index (χ4v) is 2.68. The monoisotopic (exact) mass is 283 g/mol. The van der Waals surface area contributed by atoms with Crippen LogP contribution >= 0.6 is 0 Å². The zero-order chi connectivity index (χ0) is 14.8. The van der Waals surface area contributed by atoms with Crippen LogP contribution < -0.4 is 10.2 Å². The summed E-state index contributed by atoms with van der Waals surface area (Å²) in [6.07, 6.45) is 0. The van der Waals surface area contributed by atoms with Crippen LogP contribution in [0.2, 0.25) is 0 Å². The Balaban J connectivity index is 1.90. The van der Waals surface area contributed by atoms with Gasteiger partial charge >= 0.3 is 0 Å². The number of nitro benzene ring substituents is 1. The van der Waals surface area contributed by atoms with E-state index in [4.69, 9.17) is 0 Å². The van der Waals surface area contributed by atoms with Crippen molar-refractivity contribution >= 4 is 17.1 Å². The summed E-state index contributed by atoms with van der Waals surface area (Å²) in [5, 5.41) is 14.3. The standard InChI is InChI=1S/C16H17N3O2/c1-12-10-17-15-7-2-3-8-16(15)18(12)11-13-5-4-6-14(9-13)19(20)21/h2-9,12,17H,10-11H2,1H3. The maximum absolute atomic E-state index is 10.9. The molecule has 2 aromatic carbocycles. The highest BCUT2D eigenvalue weighted by atomic mass is 16.6. The molecule has 0 bridgehead atoms. The van der Waals surface area contributed by atoms with Crippen molar-refractivity contribution in [2.75, 3.05) is 16.8 Å². The van der Waals surface area contributed by atoms with Gasteiger partial charge < -0.3 is 10.2 Å². The summed E-state index contributed by atoms with van der Waals surface area (Å²) in [5.41, 5.74) is 3.35. The Morgan fingerprint density at radius 1 is 1.29 bits per heavy atom. The van der Waals surface area contributed by atoms with Crippen LogP contribution in [0, 0.1) is 10.1 Å². The third kappa shape index (κ3) is 2.67. The first kappa shape index (κ1) is 13.4. The van der Waals surface area contributed by atoms with E-state index in [1.807, 2.05) is 18.2 Å². The number of nitrogens with one attached hydrogen (secondary N) is 1. The molecule has 1 unspecified atom stereocenters. The highest BCUT2D eigenvalue weighted by Gasteiger charge is 2.22. The predicted molar refractivity (Wildman–Crippen MR) is 83.7 cm³/mol. The van der Waals surface area contributed by atoms with Crippen molar-refractivity contribution in [1.29, 1.82) is 0 Å². The van der Waals surface area contributed by atoms with Crippen LogP contribution in [-0.2, 0) is 6.54 Å². The lowest BCUT2D eigenvalue weighted by Crippen LogP contribution is -2.41. The Morgan fingerprint density at radius 2 is 2.10 bits per heavy atom. The second-order valence-corrected chi connectivity index (χ2v) is 5.30. The lowest BCUT2D eigenvalue weighted by molar-refractivity contribution is -0.384. The molecule has 0 aliphatic carbocycles. The summed E-state index contributed by atoms with van der Waals surface area (Å²) in [6, 6.07) is 15.3. The molecule has 0 spiro atoms. The molecule has 108 valence electrons. The van der Waals surface area contributed by atoms with Crippen molar-refractivity contribution < 1.29 is 4.92 Å². The maximum Gasteiger partial charge on any atom is 0.269 e. The van der Waals surface area contributed by atoms with E-state index in [1.54, 1.807) is 12.1 Å². The molecule has 0 saturated carbocycles. The number of rotatable bonds is 3. The van der Waals surface area contributed by atoms with Crippen molar-refractivity contribution in [3.63, 3.8) is 0 Å². The molecule has 5 heteroatoms. The third-order valence-corrected chi connectivity index (χ3v) is 3.81. The summed E-state index contributed by atoms with van der Waals surface area (Å²) in [5.74, 6) is 0. The molecule has 0 saturated heterocycles. The van der Waals surface area contributed by atoms with E-state index in [2.05, 4.69) is 29.3 Å². The largest absolute Gasteiger partial charge is 0.381 e. The highest BCUT2D eigenvalue weighted by Crippen LogP contribution is 2.32. The molecule has 0 aromatic heterocycles. The van der Waals surface area contributed by atoms with Crippen molar-refractivity contribution in [2.24, 2.45) is 0 Å². The summed E-state index contributed by atoms with van der Waals surface area (Å²) >= 11 is 0. The van der Waals surface area contributed by atoms with Gasteiger partial charge in [-0.25, -0.2) is 0 Å². The second kappa shape index (κ2) is 5.44. The molecule has 0 fully saturated rings. The SMILES string of the molecule is CC1CNc2ccccc2N1Cc1cccc([N+](=O)[O-])c1. The number of para-hydroxylation sites is 2. The highest BCUT2D eigenvalue weighted by molar-refractivity contribution is 5.72. The van der Waals surface area contributed by atoms with E-state index in [1.165, 1.54) is 6.07 Å². The van der Waals surface area contributed by atoms with Gasteiger partial charge in [-0.2, -0.15) is 0 Å². The first-order chi connectivity index (χ1) is 10.1. The topological polar surface area (TPSA) is 58.4 Å². The smallest absolute Gasteiger partial charge is 0.269 e. The van der Waals surface area contributed by atoms with Gasteiger partial charge in [-0.05, 0) is 24.6 Å². The Morgan fingerprint density at radius 3 is 2.90 bits per heavy atom. The van der Waals surface area contributed by atoms with Gasteiger partial charge in [0.15, 0.2) is 0 Å². The normalized spacial score (nSPS) is 17.0. The number of non-ortho nitro benzene ring substituents is 1. The molecular weight excluding hydrogens is 266 g/mol. The molecule has 0 radical (unpaired) electrons. The maximum atomic E-state index is 10.9. The van der Waals surface area contributed by atoms with Gasteiger partial charge in [0.2, 0.25) is 0 Å². The lowest BCUT2D eigenvalue weighted by atomic mass is 10.1. The van der Waals surface area contributed by atoms with Crippen molar-refractivity contribution in [1.82, 2.24) is 0 Å². The number of anilines is 2. The van der Waals surface area contributed by atoms with Crippen molar-refractivity contribution in [3.05, 3.63) is 64.2 Å². The lowest BCUT2D eigenvalue weighted by Gasteiger charge is -2.37. The summed E-state index contributed by atoms with van der Waals surface area (Å²) in [7, 11) is 0. The minimum absolute atomic E-state index is 0.142. The minimum Gasteiger partial charge on any atom is -0.381 e. The van der Waals surface area contributed by atoms with Crippen LogP contribution in [0.1, 0.15) is 12.5 Å². The Hall–Kier alpha value is -2.56. The number of hydrogen-bond donors (Lipinski definition) is 1. The zero-order valence-electron chi connectivity index (χ0n) is 11.8. The Labute approximate surface area is 123 Å². The number of nitrogens with zero attached hydrogens (tertiary/aromatic N) is 2. The van der Waals surface area contributed by atoms with E-state index in [0.717, 1.165) is 23.5 Å². The molecule has 1 N–H and O–H groups in total. The van der Waals surface area contributed by atoms with E-state index < -0.39 is 0 Å². The molecular formula is C16H17N3O2. The van der Waals surface area contributed by atoms with Crippen LogP contribution in [-0.4, -0.2) is 17.5 Å². The van der Waals surface area contributed by atoms with E-state index >= 15 is 0 Å². The minimum atomic E-state index is -0.349. The van der Waals surface area contributed by atoms with Crippen LogP contribution in [0.25, 0.3) is 0 Å². The summed E-state index contributed by atoms with van der Waals surface area (Å²) < 4.78 is 0. The Kier molecular flexibility index (Phi) is 3.48. The molecule has 1 aliphatic rings. The molecule has 5 nitrogen and oxygen atoms in total. The van der Waals surface area contributed by atoms with Crippen LogP contribution in [0.3, 0.4) is 0 Å². The van der Waals surface area contributed by atoms with Crippen LogP contribution in [0.15, 0.2) is 48.5 Å². The quantitative estimate of drug-likeness (QED) is 0.692. The summed E-state index contributed by atoms with van der Waals surface area (Å²) in [6.45, 7) is 3.69. The first-order valence-corrected chi connectivity index (χ1v) is 6.98. The fourth-order valence-electron chi connectivity index (χ4n) is 2.68. The third-order valence-electron chi connectivity index (χ3n) is 3.81. The second-order valence-electron chi connectivity index (χ2n) is 5.30. The van der Waals surface area contributed by atoms with Gasteiger partial charge in [0.25, 0.3) is 5.69 Å². The van der Waals surface area contributed by atoms with Gasteiger partial charge in [0.1, 0.15) is 0 Å². The molecule has 1 heterocycles. The fraction of sp³-hybridized carbons (Fsp3) is 0.250. The summed E-state index contributed by atoms with van der Waals surface area (Å²) in [4.78, 5) is 12.8. The number of benzene rings is 2. The van der Waals surface area contributed by atoms with Gasteiger partial charge in [-0.1, -0.05) is 24.3 Å². The zero-order valence-corrected chi connectivity index (χ0v) is 11.8. The number of fused-ring (bicyclic) bond motifs is 1. The van der Waals surface area contributed by atoms with Gasteiger partial charge in [0, 0.05) is 31.3 Å². The molecule has 21 heavy (non-hydrogen) atoms. The van der Waals surface area contributed by atoms with Gasteiger partial charge in [0.05, 0.1) is 16.3 Å². The van der Waals surface area contributed by atoms with Gasteiger partial charge in [-0.15, -0.1) is 0 Å². The predicted octanol–water partition coefficient (Wildman–Crippen LogP) is 3.42. The molecule has 2 aromatic rings. The molecule has 1 atom stereocenters. The van der Waals surface area contributed by atoms with E-state index in [0.29, 0.717) is 12.6 Å². The molecule has 0 amide bonds. The number of hydrogen-bond acceptors (Lipinski definition) is 4. The Bertz CT molecular complexity index is 672. The molecule has 1 aliphatic heterocycles. The van der Waals surface area contributed by atoms with Gasteiger partial charge in [-0.3, -0.25) is 10.1 Å². The average Bonchev–Trinajstić information content (AvgIpc) is 2.50. The van der Waals surface area contributed by atoms with Crippen LogP contribution in [0.5, 0.6) is 0 Å². The van der Waals surface area contributed by atoms with E-state index in [9.17, 15) is 10.1 Å². The van der Waals surface area contributed by atoms with Crippen molar-refractivity contribution in [3.8, 4) is 0 Å². The average molecular weight is 283 g/mol. The molecule has 3 rings (SSSR count). The van der Waals surface area contributed by atoms with Crippen LogP contribution in [0.4, 0.5) is 17.1 Å².